The first-order valence-electron chi connectivity index (χ1n) is 5.52. The van der Waals surface area contributed by atoms with E-state index in [2.05, 4.69) is 10.6 Å². The van der Waals surface area contributed by atoms with Crippen LogP contribution in [0.3, 0.4) is 0 Å². The van der Waals surface area contributed by atoms with Gasteiger partial charge in [-0.3, -0.25) is 0 Å². The smallest absolute Gasteiger partial charge is 0.314 e. The molecule has 0 fully saturated rings. The predicted octanol–water partition coefficient (Wildman–Crippen LogP) is 1.56. The highest BCUT2D eigenvalue weighted by molar-refractivity contribution is 6.31. The van der Waals surface area contributed by atoms with E-state index >= 15 is 0 Å². The van der Waals surface area contributed by atoms with Crippen LogP contribution in [0.1, 0.15) is 12.5 Å². The molecule has 1 aromatic rings. The van der Waals surface area contributed by atoms with Crippen molar-refractivity contribution in [1.29, 1.82) is 0 Å². The Morgan fingerprint density at radius 3 is 2.76 bits per heavy atom. The molecule has 2 amide bonds. The Labute approximate surface area is 106 Å². The van der Waals surface area contributed by atoms with Crippen LogP contribution in [0.15, 0.2) is 24.3 Å². The number of halogens is 1. The average molecular weight is 257 g/mol. The second-order valence-corrected chi connectivity index (χ2v) is 4.23. The third-order valence-corrected chi connectivity index (χ3v) is 2.56. The number of carbonyl (C=O) groups is 1. The summed E-state index contributed by atoms with van der Waals surface area (Å²) in [6.07, 6.45) is 0.145. The molecule has 0 aliphatic rings. The molecule has 0 radical (unpaired) electrons. The van der Waals surface area contributed by atoms with Gasteiger partial charge in [0.1, 0.15) is 0 Å². The van der Waals surface area contributed by atoms with Gasteiger partial charge < -0.3 is 15.7 Å². The number of aliphatic hydroxyl groups is 1. The number of nitrogens with one attached hydrogen (secondary N) is 2. The van der Waals surface area contributed by atoms with Crippen molar-refractivity contribution in [3.8, 4) is 0 Å². The van der Waals surface area contributed by atoms with Crippen molar-refractivity contribution < 1.29 is 9.90 Å². The summed E-state index contributed by atoms with van der Waals surface area (Å²) in [7, 11) is 0. The molecule has 1 atom stereocenters. The molecule has 1 aromatic carbocycles. The summed E-state index contributed by atoms with van der Waals surface area (Å²) < 4.78 is 0. The summed E-state index contributed by atoms with van der Waals surface area (Å²) in [6, 6.07) is 7.25. The van der Waals surface area contributed by atoms with Gasteiger partial charge >= 0.3 is 6.03 Å². The molecule has 0 bridgehead atoms. The standard InChI is InChI=1S/C12H17ClN2O2/c1-9(16)8-15-12(17)14-7-6-10-4-2-3-5-11(10)13/h2-5,9,16H,6-8H2,1H3,(H2,14,15,17). The maximum atomic E-state index is 11.3. The molecule has 0 heterocycles. The zero-order valence-electron chi connectivity index (χ0n) is 9.74. The van der Waals surface area contributed by atoms with Gasteiger partial charge in [0.2, 0.25) is 0 Å². The van der Waals surface area contributed by atoms with E-state index in [0.29, 0.717) is 18.0 Å². The lowest BCUT2D eigenvalue weighted by Crippen LogP contribution is -2.39. The normalized spacial score (nSPS) is 11.9. The molecule has 0 spiro atoms. The Bertz CT molecular complexity index is 369. The fourth-order valence-electron chi connectivity index (χ4n) is 1.31. The van der Waals surface area contributed by atoms with Crippen molar-refractivity contribution in [3.63, 3.8) is 0 Å². The van der Waals surface area contributed by atoms with E-state index in [4.69, 9.17) is 16.7 Å². The van der Waals surface area contributed by atoms with Crippen LogP contribution in [-0.4, -0.2) is 30.3 Å². The molecule has 0 aliphatic carbocycles. The second-order valence-electron chi connectivity index (χ2n) is 3.83. The van der Waals surface area contributed by atoms with E-state index in [-0.39, 0.29) is 12.6 Å². The van der Waals surface area contributed by atoms with Crippen molar-refractivity contribution in [2.45, 2.75) is 19.4 Å². The van der Waals surface area contributed by atoms with Gasteiger partial charge in [-0.2, -0.15) is 0 Å². The van der Waals surface area contributed by atoms with Gasteiger partial charge in [-0.05, 0) is 25.0 Å². The maximum absolute atomic E-state index is 11.3. The van der Waals surface area contributed by atoms with Crippen LogP contribution in [-0.2, 0) is 6.42 Å². The first-order chi connectivity index (χ1) is 8.09. The number of hydrogen-bond donors (Lipinski definition) is 3. The van der Waals surface area contributed by atoms with Crippen molar-refractivity contribution in [2.24, 2.45) is 0 Å². The number of urea groups is 1. The molecule has 5 heteroatoms. The fraction of sp³-hybridized carbons (Fsp3) is 0.417. The Morgan fingerprint density at radius 2 is 2.12 bits per heavy atom. The molecular weight excluding hydrogens is 240 g/mol. The molecule has 4 nitrogen and oxygen atoms in total. The van der Waals surface area contributed by atoms with Gasteiger partial charge in [-0.15, -0.1) is 0 Å². The largest absolute Gasteiger partial charge is 0.392 e. The highest BCUT2D eigenvalue weighted by Gasteiger charge is 2.03. The van der Waals surface area contributed by atoms with Crippen LogP contribution in [0.25, 0.3) is 0 Å². The first kappa shape index (κ1) is 13.8. The second kappa shape index (κ2) is 7.14. The lowest BCUT2D eigenvalue weighted by molar-refractivity contribution is 0.187. The summed E-state index contributed by atoms with van der Waals surface area (Å²) in [6.45, 7) is 2.37. The van der Waals surface area contributed by atoms with Crippen LogP contribution in [0.2, 0.25) is 5.02 Å². The molecule has 0 aliphatic heterocycles. The summed E-state index contributed by atoms with van der Waals surface area (Å²) in [5.41, 5.74) is 1.00. The number of benzene rings is 1. The maximum Gasteiger partial charge on any atom is 0.314 e. The third-order valence-electron chi connectivity index (χ3n) is 2.20. The quantitative estimate of drug-likeness (QED) is 0.749. The molecule has 1 unspecified atom stereocenters. The summed E-state index contributed by atoms with van der Waals surface area (Å²) >= 11 is 5.98. The van der Waals surface area contributed by atoms with Gasteiger partial charge in [-0.1, -0.05) is 29.8 Å². The van der Waals surface area contributed by atoms with Crippen molar-refractivity contribution in [2.75, 3.05) is 13.1 Å². The van der Waals surface area contributed by atoms with Gasteiger partial charge in [-0.25, -0.2) is 4.79 Å². The minimum atomic E-state index is -0.538. The minimum Gasteiger partial charge on any atom is -0.392 e. The van der Waals surface area contributed by atoms with Crippen LogP contribution in [0.4, 0.5) is 4.79 Å². The van der Waals surface area contributed by atoms with E-state index in [9.17, 15) is 4.79 Å². The van der Waals surface area contributed by atoms with E-state index in [1.165, 1.54) is 0 Å². The Morgan fingerprint density at radius 1 is 1.41 bits per heavy atom. The van der Waals surface area contributed by atoms with Crippen molar-refractivity contribution >= 4 is 17.6 Å². The minimum absolute atomic E-state index is 0.248. The molecule has 0 aromatic heterocycles. The van der Waals surface area contributed by atoms with E-state index in [1.807, 2.05) is 24.3 Å². The van der Waals surface area contributed by atoms with Crippen molar-refractivity contribution in [3.05, 3.63) is 34.9 Å². The molecule has 94 valence electrons. The topological polar surface area (TPSA) is 61.4 Å². The van der Waals surface area contributed by atoms with Gasteiger partial charge in [0.05, 0.1) is 6.10 Å². The molecular formula is C12H17ClN2O2. The average Bonchev–Trinajstić information content (AvgIpc) is 2.29. The monoisotopic (exact) mass is 256 g/mol. The van der Waals surface area contributed by atoms with E-state index in [0.717, 1.165) is 5.56 Å². The van der Waals surface area contributed by atoms with E-state index in [1.54, 1.807) is 6.92 Å². The predicted molar refractivity (Wildman–Crippen MR) is 68.2 cm³/mol. The van der Waals surface area contributed by atoms with Gasteiger partial charge in [0, 0.05) is 18.1 Å². The number of hydrogen-bond acceptors (Lipinski definition) is 2. The molecule has 1 rings (SSSR count). The third kappa shape index (κ3) is 5.56. The highest BCUT2D eigenvalue weighted by atomic mass is 35.5. The number of aliphatic hydroxyl groups excluding tert-OH is 1. The Balaban J connectivity index is 2.24. The number of rotatable bonds is 5. The van der Waals surface area contributed by atoms with Gasteiger partial charge in [0.15, 0.2) is 0 Å². The van der Waals surface area contributed by atoms with Crippen LogP contribution in [0, 0.1) is 0 Å². The lowest BCUT2D eigenvalue weighted by atomic mass is 10.1. The fourth-order valence-corrected chi connectivity index (χ4v) is 1.54. The van der Waals surface area contributed by atoms with Crippen LogP contribution >= 0.6 is 11.6 Å². The molecule has 3 N–H and O–H groups in total. The zero-order chi connectivity index (χ0) is 12.7. The zero-order valence-corrected chi connectivity index (χ0v) is 10.5. The molecule has 0 saturated carbocycles. The van der Waals surface area contributed by atoms with Gasteiger partial charge in [0.25, 0.3) is 0 Å². The molecule has 17 heavy (non-hydrogen) atoms. The lowest BCUT2D eigenvalue weighted by Gasteiger charge is -2.09. The Kier molecular flexibility index (Phi) is 5.80. The van der Waals surface area contributed by atoms with Crippen LogP contribution in [0.5, 0.6) is 0 Å². The summed E-state index contributed by atoms with van der Waals surface area (Å²) in [4.78, 5) is 11.3. The van der Waals surface area contributed by atoms with Crippen molar-refractivity contribution in [1.82, 2.24) is 10.6 Å². The number of carbonyl (C=O) groups excluding carboxylic acids is 1. The van der Waals surface area contributed by atoms with Crippen LogP contribution < -0.4 is 10.6 Å². The Hall–Kier alpha value is -1.26. The number of amides is 2. The molecule has 0 saturated heterocycles. The highest BCUT2D eigenvalue weighted by Crippen LogP contribution is 2.14. The van der Waals surface area contributed by atoms with E-state index < -0.39 is 6.10 Å². The summed E-state index contributed by atoms with van der Waals surface area (Å²) in [5.74, 6) is 0. The SMILES string of the molecule is CC(O)CNC(=O)NCCc1ccccc1Cl. The summed E-state index contributed by atoms with van der Waals surface area (Å²) in [5, 5.41) is 14.9. The first-order valence-corrected chi connectivity index (χ1v) is 5.90.